The second kappa shape index (κ2) is 17.8. The Bertz CT molecular complexity index is 289. The third-order valence-electron chi connectivity index (χ3n) is 4.01. The van der Waals surface area contributed by atoms with Gasteiger partial charge in [0.1, 0.15) is 5.38 Å². The molecule has 0 aliphatic rings. The highest BCUT2D eigenvalue weighted by Gasteiger charge is 2.15. The van der Waals surface area contributed by atoms with E-state index in [0.29, 0.717) is 6.61 Å². The van der Waals surface area contributed by atoms with Crippen molar-refractivity contribution in [2.24, 2.45) is 0 Å². The summed E-state index contributed by atoms with van der Waals surface area (Å²) in [4.78, 5) is 11.3. The van der Waals surface area contributed by atoms with E-state index < -0.39 is 5.38 Å². The van der Waals surface area contributed by atoms with Crippen LogP contribution in [0.4, 0.5) is 0 Å². The fourth-order valence-corrected chi connectivity index (χ4v) is 2.79. The number of carbonyl (C=O) groups excluding carboxylic acids is 1. The Morgan fingerprint density at radius 1 is 0.870 bits per heavy atom. The average Bonchev–Trinajstić information content (AvgIpc) is 2.55. The molecule has 1 atom stereocenters. The van der Waals surface area contributed by atoms with Crippen LogP contribution in [0.5, 0.6) is 0 Å². The molecular weight excluding hydrogens is 308 g/mol. The summed E-state index contributed by atoms with van der Waals surface area (Å²) in [5, 5.41) is -0.466. The lowest BCUT2D eigenvalue weighted by atomic mass is 10.1. The van der Waals surface area contributed by atoms with Crippen LogP contribution in [0.2, 0.25) is 0 Å². The monoisotopic (exact) mass is 344 g/mol. The molecule has 23 heavy (non-hydrogen) atoms. The molecule has 0 radical (unpaired) electrons. The normalized spacial score (nSPS) is 12.7. The van der Waals surface area contributed by atoms with Crippen LogP contribution in [-0.4, -0.2) is 18.0 Å². The van der Waals surface area contributed by atoms with Crippen molar-refractivity contribution in [1.82, 2.24) is 0 Å². The van der Waals surface area contributed by atoms with Crippen molar-refractivity contribution in [1.29, 1.82) is 0 Å². The Morgan fingerprint density at radius 3 is 1.96 bits per heavy atom. The van der Waals surface area contributed by atoms with Gasteiger partial charge in [-0.05, 0) is 39.0 Å². The second-order valence-corrected chi connectivity index (χ2v) is 6.77. The summed E-state index contributed by atoms with van der Waals surface area (Å²) in [7, 11) is 0. The van der Waals surface area contributed by atoms with Crippen LogP contribution in [0.1, 0.15) is 97.3 Å². The Morgan fingerprint density at radius 2 is 1.39 bits per heavy atom. The van der Waals surface area contributed by atoms with Crippen LogP contribution in [0.3, 0.4) is 0 Å². The quantitative estimate of drug-likeness (QED) is 0.133. The molecule has 0 saturated carbocycles. The Balaban J connectivity index is 3.26. The van der Waals surface area contributed by atoms with Crippen LogP contribution >= 0.6 is 11.6 Å². The van der Waals surface area contributed by atoms with Gasteiger partial charge in [-0.25, -0.2) is 0 Å². The number of unbranched alkanes of at least 4 members (excludes halogenated alkanes) is 10. The van der Waals surface area contributed by atoms with Crippen molar-refractivity contribution in [3.05, 3.63) is 12.2 Å². The molecule has 0 bridgehead atoms. The number of hydrogen-bond acceptors (Lipinski definition) is 2. The summed E-state index contributed by atoms with van der Waals surface area (Å²) < 4.78 is 4.89. The zero-order valence-corrected chi connectivity index (χ0v) is 16.1. The summed E-state index contributed by atoms with van der Waals surface area (Å²) in [5.41, 5.74) is 0. The van der Waals surface area contributed by atoms with Gasteiger partial charge in [0, 0.05) is 0 Å². The van der Waals surface area contributed by atoms with Gasteiger partial charge in [-0.1, -0.05) is 70.4 Å². The van der Waals surface area contributed by atoms with Gasteiger partial charge in [-0.2, -0.15) is 0 Å². The third kappa shape index (κ3) is 16.1. The highest BCUT2D eigenvalue weighted by atomic mass is 35.5. The zero-order chi connectivity index (χ0) is 17.2. The maximum absolute atomic E-state index is 11.3. The van der Waals surface area contributed by atoms with E-state index in [2.05, 4.69) is 19.1 Å². The number of carbonyl (C=O) groups is 1. The average molecular weight is 345 g/mol. The van der Waals surface area contributed by atoms with E-state index in [9.17, 15) is 4.79 Å². The molecule has 0 N–H and O–H groups in total. The van der Waals surface area contributed by atoms with E-state index in [1.165, 1.54) is 64.2 Å². The first kappa shape index (κ1) is 22.5. The minimum absolute atomic E-state index is 0.271. The molecule has 0 spiro atoms. The first-order valence-corrected chi connectivity index (χ1v) is 10.1. The SMILES string of the molecule is CCCCCCCC/C=C\CCCCCCC(Cl)C(=O)OCC. The number of hydrogen-bond donors (Lipinski definition) is 0. The smallest absolute Gasteiger partial charge is 0.324 e. The molecule has 0 rings (SSSR count). The second-order valence-electron chi connectivity index (χ2n) is 6.24. The first-order chi connectivity index (χ1) is 11.2. The van der Waals surface area contributed by atoms with Gasteiger partial charge < -0.3 is 4.74 Å². The highest BCUT2D eigenvalue weighted by molar-refractivity contribution is 6.29. The molecule has 0 heterocycles. The van der Waals surface area contributed by atoms with Crippen LogP contribution in [-0.2, 0) is 9.53 Å². The standard InChI is InChI=1S/C20H37ClO2/c1-3-5-6-7-8-9-10-11-12-13-14-15-16-17-18-19(21)20(22)23-4-2/h11-12,19H,3-10,13-18H2,1-2H3/b12-11-. The van der Waals surface area contributed by atoms with Crippen molar-refractivity contribution < 1.29 is 9.53 Å². The van der Waals surface area contributed by atoms with Crippen LogP contribution in [0, 0.1) is 0 Å². The lowest BCUT2D eigenvalue weighted by Gasteiger charge is -2.07. The first-order valence-electron chi connectivity index (χ1n) is 9.68. The number of halogens is 1. The predicted octanol–water partition coefficient (Wildman–Crippen LogP) is 6.80. The van der Waals surface area contributed by atoms with E-state index in [-0.39, 0.29) is 5.97 Å². The maximum Gasteiger partial charge on any atom is 0.324 e. The van der Waals surface area contributed by atoms with E-state index in [1.807, 2.05) is 6.92 Å². The molecule has 3 heteroatoms. The summed E-state index contributed by atoms with van der Waals surface area (Å²) in [5.74, 6) is -0.271. The molecule has 0 saturated heterocycles. The molecule has 0 aromatic heterocycles. The maximum atomic E-state index is 11.3. The summed E-state index contributed by atoms with van der Waals surface area (Å²) in [6.07, 6.45) is 20.7. The number of alkyl halides is 1. The fourth-order valence-electron chi connectivity index (χ4n) is 2.57. The minimum Gasteiger partial charge on any atom is -0.465 e. The zero-order valence-electron chi connectivity index (χ0n) is 15.3. The van der Waals surface area contributed by atoms with Gasteiger partial charge in [0.15, 0.2) is 0 Å². The number of esters is 1. The Hall–Kier alpha value is -0.500. The molecule has 0 fully saturated rings. The van der Waals surface area contributed by atoms with E-state index >= 15 is 0 Å². The largest absolute Gasteiger partial charge is 0.465 e. The Kier molecular flexibility index (Phi) is 17.5. The fraction of sp³-hybridized carbons (Fsp3) is 0.850. The molecular formula is C20H37ClO2. The van der Waals surface area contributed by atoms with Crippen LogP contribution < -0.4 is 0 Å². The lowest BCUT2D eigenvalue weighted by Crippen LogP contribution is -2.17. The molecule has 0 aromatic carbocycles. The van der Waals surface area contributed by atoms with Gasteiger partial charge in [-0.15, -0.1) is 11.6 Å². The molecule has 0 aromatic rings. The summed E-state index contributed by atoms with van der Waals surface area (Å²) >= 11 is 5.98. The minimum atomic E-state index is -0.466. The predicted molar refractivity (Wildman–Crippen MR) is 101 cm³/mol. The third-order valence-corrected chi connectivity index (χ3v) is 4.41. The van der Waals surface area contributed by atoms with Crippen molar-refractivity contribution in [3.8, 4) is 0 Å². The number of allylic oxidation sites excluding steroid dienone is 2. The molecule has 136 valence electrons. The summed E-state index contributed by atoms with van der Waals surface area (Å²) in [6.45, 7) is 4.48. The lowest BCUT2D eigenvalue weighted by molar-refractivity contribution is -0.142. The molecule has 0 aliphatic heterocycles. The van der Waals surface area contributed by atoms with E-state index in [4.69, 9.17) is 16.3 Å². The van der Waals surface area contributed by atoms with Crippen LogP contribution in [0.15, 0.2) is 12.2 Å². The molecule has 0 amide bonds. The number of rotatable bonds is 16. The van der Waals surface area contributed by atoms with Gasteiger partial charge in [0.25, 0.3) is 0 Å². The van der Waals surface area contributed by atoms with Gasteiger partial charge >= 0.3 is 5.97 Å². The molecule has 1 unspecified atom stereocenters. The van der Waals surface area contributed by atoms with Crippen molar-refractivity contribution in [2.75, 3.05) is 6.61 Å². The molecule has 2 nitrogen and oxygen atoms in total. The Labute approximate surface area is 149 Å². The van der Waals surface area contributed by atoms with Crippen molar-refractivity contribution in [3.63, 3.8) is 0 Å². The van der Waals surface area contributed by atoms with Crippen LogP contribution in [0.25, 0.3) is 0 Å². The van der Waals surface area contributed by atoms with E-state index in [0.717, 1.165) is 19.3 Å². The van der Waals surface area contributed by atoms with Gasteiger partial charge in [0.2, 0.25) is 0 Å². The van der Waals surface area contributed by atoms with Gasteiger partial charge in [0.05, 0.1) is 6.61 Å². The summed E-state index contributed by atoms with van der Waals surface area (Å²) in [6, 6.07) is 0. The highest BCUT2D eigenvalue weighted by Crippen LogP contribution is 2.13. The van der Waals surface area contributed by atoms with Crippen molar-refractivity contribution >= 4 is 17.6 Å². The number of ether oxygens (including phenoxy) is 1. The van der Waals surface area contributed by atoms with E-state index in [1.54, 1.807) is 0 Å². The van der Waals surface area contributed by atoms with Crippen molar-refractivity contribution in [2.45, 2.75) is 103 Å². The van der Waals surface area contributed by atoms with Gasteiger partial charge in [-0.3, -0.25) is 4.79 Å². The molecule has 0 aliphatic carbocycles. The topological polar surface area (TPSA) is 26.3 Å².